The summed E-state index contributed by atoms with van der Waals surface area (Å²) in [5.41, 5.74) is 0.492. The van der Waals surface area contributed by atoms with Gasteiger partial charge in [-0.2, -0.15) is 11.8 Å². The highest BCUT2D eigenvalue weighted by Gasteiger charge is 2.72. The van der Waals surface area contributed by atoms with Crippen molar-refractivity contribution in [2.24, 2.45) is 5.92 Å². The fourth-order valence-corrected chi connectivity index (χ4v) is 7.36. The molecule has 0 bridgehead atoms. The van der Waals surface area contributed by atoms with Gasteiger partial charge in [0.05, 0.1) is 42.2 Å². The number of carbonyl (C=O) groups excluding carboxylic acids is 4. The summed E-state index contributed by atoms with van der Waals surface area (Å²) in [6, 6.07) is -0.576. The molecule has 14 heteroatoms. The van der Waals surface area contributed by atoms with E-state index in [4.69, 9.17) is 23.7 Å². The third-order valence-corrected chi connectivity index (χ3v) is 9.97. The molecular formula is C31H49N3O10S. The molecule has 3 heterocycles. The summed E-state index contributed by atoms with van der Waals surface area (Å²) >= 11 is 1.30. The lowest BCUT2D eigenvalue weighted by molar-refractivity contribution is -0.214. The molecule has 4 aliphatic rings. The molecule has 3 aliphatic heterocycles. The van der Waals surface area contributed by atoms with E-state index in [1.54, 1.807) is 7.11 Å². The smallest absolute Gasteiger partial charge is 0.249 e. The lowest BCUT2D eigenvalue weighted by atomic mass is 9.68. The minimum atomic E-state index is -1.50. The first-order valence-electron chi connectivity index (χ1n) is 15.7. The van der Waals surface area contributed by atoms with Crippen molar-refractivity contribution >= 4 is 35.3 Å². The number of thioether (sulfide) groups is 1. The number of allylic oxidation sites excluding steroid dienone is 1. The predicted octanol–water partition coefficient (Wildman–Crippen LogP) is 0.918. The van der Waals surface area contributed by atoms with Gasteiger partial charge < -0.3 is 44.3 Å². The lowest BCUT2D eigenvalue weighted by Gasteiger charge is -2.43. The number of Topliss-reactive ketones (excluding diaryl/α,β-unsaturated/α-hetero) is 1. The summed E-state index contributed by atoms with van der Waals surface area (Å²) in [6.07, 6.45) is 3.32. The number of rotatable bonds is 17. The zero-order valence-corrected chi connectivity index (χ0v) is 27.8. The van der Waals surface area contributed by atoms with Crippen LogP contribution in [0.15, 0.2) is 11.6 Å². The van der Waals surface area contributed by atoms with Crippen LogP contribution in [0.25, 0.3) is 0 Å². The van der Waals surface area contributed by atoms with Gasteiger partial charge in [0.2, 0.25) is 24.1 Å². The van der Waals surface area contributed by atoms with Gasteiger partial charge in [-0.25, -0.2) is 0 Å². The molecule has 3 N–H and O–H groups in total. The van der Waals surface area contributed by atoms with Gasteiger partial charge in [0, 0.05) is 26.0 Å². The van der Waals surface area contributed by atoms with Crippen LogP contribution in [0.1, 0.15) is 59.8 Å². The summed E-state index contributed by atoms with van der Waals surface area (Å²) in [5.74, 6) is -0.704. The molecule has 0 aromatic heterocycles. The molecule has 254 valence electrons. The third kappa shape index (κ3) is 9.27. The Labute approximate surface area is 269 Å². The van der Waals surface area contributed by atoms with Crippen LogP contribution in [-0.4, -0.2) is 127 Å². The molecule has 3 saturated heterocycles. The second-order valence-corrected chi connectivity index (χ2v) is 13.9. The van der Waals surface area contributed by atoms with Crippen molar-refractivity contribution in [3.8, 4) is 0 Å². The maximum Gasteiger partial charge on any atom is 0.249 e. The van der Waals surface area contributed by atoms with E-state index in [9.17, 15) is 24.3 Å². The molecule has 0 aromatic rings. The number of aliphatic hydroxyl groups is 1. The molecule has 1 saturated carbocycles. The average Bonchev–Trinajstić information content (AvgIpc) is 3.82. The summed E-state index contributed by atoms with van der Waals surface area (Å²) in [5, 5.41) is 15.9. The summed E-state index contributed by atoms with van der Waals surface area (Å²) in [7, 11) is 1.62. The molecule has 4 fully saturated rings. The van der Waals surface area contributed by atoms with Gasteiger partial charge in [-0.05, 0) is 59.8 Å². The first-order valence-corrected chi connectivity index (χ1v) is 16.9. The van der Waals surface area contributed by atoms with Crippen molar-refractivity contribution in [2.75, 3.05) is 51.5 Å². The average molecular weight is 656 g/mol. The Kier molecular flexibility index (Phi) is 12.5. The van der Waals surface area contributed by atoms with Crippen LogP contribution in [0.4, 0.5) is 0 Å². The van der Waals surface area contributed by atoms with Gasteiger partial charge in [-0.1, -0.05) is 11.6 Å². The number of epoxide rings is 2. The number of carbonyl (C=O) groups is 4. The molecule has 0 aromatic carbocycles. The van der Waals surface area contributed by atoms with Crippen molar-refractivity contribution in [3.63, 3.8) is 0 Å². The van der Waals surface area contributed by atoms with Crippen molar-refractivity contribution in [3.05, 3.63) is 11.6 Å². The van der Waals surface area contributed by atoms with E-state index >= 15 is 0 Å². The normalized spacial score (nSPS) is 32.6. The van der Waals surface area contributed by atoms with E-state index in [1.165, 1.54) is 29.2 Å². The third-order valence-electron chi connectivity index (χ3n) is 9.01. The van der Waals surface area contributed by atoms with Crippen molar-refractivity contribution in [2.45, 2.75) is 102 Å². The van der Waals surface area contributed by atoms with Crippen LogP contribution in [0, 0.1) is 5.92 Å². The predicted molar refractivity (Wildman–Crippen MR) is 165 cm³/mol. The molecule has 45 heavy (non-hydrogen) atoms. The number of aliphatic hydroxyl groups excluding tert-OH is 1. The molecule has 3 amide bonds. The molecule has 0 radical (unpaired) electrons. The monoisotopic (exact) mass is 655 g/mol. The van der Waals surface area contributed by atoms with Crippen LogP contribution in [-0.2, 0) is 42.9 Å². The zero-order valence-electron chi connectivity index (χ0n) is 27.0. The topological polar surface area (TPSA) is 169 Å². The van der Waals surface area contributed by atoms with E-state index < -0.39 is 30.1 Å². The Morgan fingerprint density at radius 2 is 1.93 bits per heavy atom. The Morgan fingerprint density at radius 3 is 2.60 bits per heavy atom. The standard InChI is InChI=1S/C31H49N3O10S/c1-19(2)8-9-23-30(4,44-23)27-26(40-5)22(10-11-31(27)18-42-31)43-29(39)33-24(36)17-45-14-12-32-28(38)21-7-6-13-34(21)25(37)16-41-15-20(3)35/h8,21-23,26-27,29,39H,6-7,9-18H2,1-5H3,(H,32,38)(H,33,36)/t21?,22-,23-,26-,27-,29?,30+,31+/m1/s1. The van der Waals surface area contributed by atoms with Crippen molar-refractivity contribution in [1.29, 1.82) is 0 Å². The Bertz CT molecular complexity index is 1110. The minimum Gasteiger partial charge on any atom is -0.378 e. The summed E-state index contributed by atoms with van der Waals surface area (Å²) in [6.45, 7) is 8.64. The number of hydrogen-bond donors (Lipinski definition) is 3. The second kappa shape index (κ2) is 15.7. The van der Waals surface area contributed by atoms with Crippen LogP contribution < -0.4 is 10.6 Å². The van der Waals surface area contributed by atoms with Gasteiger partial charge in [-0.3, -0.25) is 19.2 Å². The van der Waals surface area contributed by atoms with E-state index in [-0.39, 0.29) is 60.3 Å². The Morgan fingerprint density at radius 1 is 1.18 bits per heavy atom. The van der Waals surface area contributed by atoms with Gasteiger partial charge in [0.1, 0.15) is 24.9 Å². The second-order valence-electron chi connectivity index (χ2n) is 12.8. The van der Waals surface area contributed by atoms with Crippen molar-refractivity contribution < 1.29 is 48.0 Å². The van der Waals surface area contributed by atoms with Crippen LogP contribution in [0.2, 0.25) is 0 Å². The molecule has 1 spiro atoms. The minimum absolute atomic E-state index is 0.0547. The molecule has 13 nitrogen and oxygen atoms in total. The lowest BCUT2D eigenvalue weighted by Crippen LogP contribution is -2.56. The van der Waals surface area contributed by atoms with Gasteiger partial charge in [0.15, 0.2) is 5.78 Å². The highest BCUT2D eigenvalue weighted by atomic mass is 32.2. The molecule has 8 atom stereocenters. The summed E-state index contributed by atoms with van der Waals surface area (Å²) in [4.78, 5) is 50.1. The Balaban J connectivity index is 1.16. The van der Waals surface area contributed by atoms with Gasteiger partial charge in [0.25, 0.3) is 0 Å². The maximum atomic E-state index is 12.7. The first-order chi connectivity index (χ1) is 21.4. The van der Waals surface area contributed by atoms with Gasteiger partial charge in [-0.15, -0.1) is 0 Å². The van der Waals surface area contributed by atoms with Crippen LogP contribution in [0.3, 0.4) is 0 Å². The molecular weight excluding hydrogens is 606 g/mol. The van der Waals surface area contributed by atoms with E-state index in [0.717, 1.165) is 12.8 Å². The Hall–Kier alpha value is -2.07. The number of ketones is 1. The molecule has 2 unspecified atom stereocenters. The SMILES string of the molecule is CO[C@@H]1[C@H](OC(O)NC(=O)CSCCNC(=O)C2CCCN2C(=O)COCC(C)=O)CC[C@]2(CO2)[C@H]1[C@@]1(C)O[C@@H]1CC=C(C)C. The number of hydrogen-bond acceptors (Lipinski definition) is 11. The number of methoxy groups -OCH3 is 1. The molecule has 1 aliphatic carbocycles. The van der Waals surface area contributed by atoms with Crippen LogP contribution >= 0.6 is 11.8 Å². The largest absolute Gasteiger partial charge is 0.378 e. The number of nitrogens with zero attached hydrogens (tertiary/aromatic N) is 1. The van der Waals surface area contributed by atoms with Crippen LogP contribution in [0.5, 0.6) is 0 Å². The quantitative estimate of drug-likeness (QED) is 0.0882. The first kappa shape index (κ1) is 35.8. The van der Waals surface area contributed by atoms with E-state index in [2.05, 4.69) is 37.5 Å². The molecule has 4 rings (SSSR count). The highest BCUT2D eigenvalue weighted by molar-refractivity contribution is 7.99. The summed E-state index contributed by atoms with van der Waals surface area (Å²) < 4.78 is 29.1. The number of likely N-dealkylation sites (tertiary alicyclic amines) is 1. The van der Waals surface area contributed by atoms with Gasteiger partial charge >= 0.3 is 0 Å². The zero-order chi connectivity index (χ0) is 32.8. The maximum absolute atomic E-state index is 12.7. The van der Waals surface area contributed by atoms with Crippen molar-refractivity contribution in [1.82, 2.24) is 15.5 Å². The number of ether oxygens (including phenoxy) is 5. The van der Waals surface area contributed by atoms with E-state index in [0.29, 0.717) is 44.7 Å². The van der Waals surface area contributed by atoms with E-state index in [1.807, 2.05) is 0 Å². The highest BCUT2D eigenvalue weighted by Crippen LogP contribution is 2.59. The number of nitrogens with one attached hydrogen (secondary N) is 2. The fourth-order valence-electron chi connectivity index (χ4n) is 6.70. The fraction of sp³-hybridized carbons (Fsp3) is 0.806. The number of amides is 3.